The lowest BCUT2D eigenvalue weighted by Crippen LogP contribution is -2.30. The van der Waals surface area contributed by atoms with Crippen LogP contribution in [0.3, 0.4) is 0 Å². The second-order valence-corrected chi connectivity index (χ2v) is 22.0. The summed E-state index contributed by atoms with van der Waals surface area (Å²) in [4.78, 5) is 38.2. The fraction of sp³-hybridized carbons (Fsp3) is 0.838. The molecular formula is C68H124O6. The van der Waals surface area contributed by atoms with E-state index in [1.54, 1.807) is 0 Å². The van der Waals surface area contributed by atoms with Crippen molar-refractivity contribution in [2.75, 3.05) is 13.2 Å². The molecule has 0 bridgehead atoms. The molecule has 0 rings (SSSR count). The van der Waals surface area contributed by atoms with E-state index in [1.807, 2.05) is 0 Å². The van der Waals surface area contributed by atoms with Gasteiger partial charge >= 0.3 is 17.9 Å². The number of unbranched alkanes of at least 4 members (excludes halogenated alkanes) is 41. The predicted molar refractivity (Wildman–Crippen MR) is 321 cm³/mol. The maximum absolute atomic E-state index is 12.9. The monoisotopic (exact) mass is 1040 g/mol. The molecule has 0 aliphatic carbocycles. The van der Waals surface area contributed by atoms with Gasteiger partial charge in [0.1, 0.15) is 13.2 Å². The van der Waals surface area contributed by atoms with Crippen molar-refractivity contribution in [1.29, 1.82) is 0 Å². The molecule has 0 heterocycles. The molecule has 0 aromatic rings. The van der Waals surface area contributed by atoms with Crippen LogP contribution in [0.25, 0.3) is 0 Å². The lowest BCUT2D eigenvalue weighted by atomic mass is 10.0. The van der Waals surface area contributed by atoms with Crippen molar-refractivity contribution in [2.45, 2.75) is 354 Å². The zero-order valence-corrected chi connectivity index (χ0v) is 49.6. The van der Waals surface area contributed by atoms with E-state index < -0.39 is 6.10 Å². The minimum atomic E-state index is -0.766. The normalized spacial score (nSPS) is 12.3. The quantitative estimate of drug-likeness (QED) is 0.0261. The number of ether oxygens (including phenoxy) is 3. The molecule has 0 saturated heterocycles. The van der Waals surface area contributed by atoms with E-state index in [2.05, 4.69) is 69.4 Å². The van der Waals surface area contributed by atoms with Crippen LogP contribution >= 0.6 is 0 Å². The van der Waals surface area contributed by atoms with E-state index in [-0.39, 0.29) is 31.1 Å². The summed E-state index contributed by atoms with van der Waals surface area (Å²) in [5, 5.41) is 0. The molecule has 0 N–H and O–H groups in total. The molecule has 1 unspecified atom stereocenters. The third-order valence-corrected chi connectivity index (χ3v) is 14.6. The van der Waals surface area contributed by atoms with Crippen LogP contribution in [-0.4, -0.2) is 37.2 Å². The Hall–Kier alpha value is -2.63. The number of carbonyl (C=O) groups excluding carboxylic acids is 3. The molecule has 0 aliphatic rings. The van der Waals surface area contributed by atoms with Crippen LogP contribution in [0.5, 0.6) is 0 Å². The Labute approximate surface area is 460 Å². The van der Waals surface area contributed by atoms with Gasteiger partial charge in [-0.05, 0) is 57.8 Å². The van der Waals surface area contributed by atoms with Crippen molar-refractivity contribution in [3.8, 4) is 0 Å². The van der Waals surface area contributed by atoms with Crippen LogP contribution in [0.1, 0.15) is 348 Å². The number of rotatable bonds is 60. The second-order valence-electron chi connectivity index (χ2n) is 22.0. The molecule has 1 atom stereocenters. The van der Waals surface area contributed by atoms with Crippen molar-refractivity contribution in [3.63, 3.8) is 0 Å². The Morgan fingerprint density at radius 3 is 0.824 bits per heavy atom. The van der Waals surface area contributed by atoms with Gasteiger partial charge in [-0.1, -0.05) is 320 Å². The van der Waals surface area contributed by atoms with Gasteiger partial charge in [0.05, 0.1) is 0 Å². The standard InChI is InChI=1S/C68H124O6/c1-4-7-10-13-16-19-22-24-26-27-28-29-30-31-32-33-34-35-36-37-38-39-40-41-42-44-46-49-52-55-58-61-67(70)73-64-65(63-72-66(69)60-57-54-51-48-45-21-18-15-12-9-6-3)74-68(71)62-59-56-53-50-47-43-25-23-20-17-14-11-8-5-2/h7,10,16,19,24,26,28-29,65H,4-6,8-9,11-15,17-18,20-23,25,27,30-64H2,1-3H3/b10-7-,19-16-,26-24-,29-28-. The highest BCUT2D eigenvalue weighted by Gasteiger charge is 2.19. The molecule has 0 fully saturated rings. The van der Waals surface area contributed by atoms with Gasteiger partial charge in [-0.3, -0.25) is 14.4 Å². The fourth-order valence-electron chi connectivity index (χ4n) is 9.73. The molecule has 0 aliphatic heterocycles. The Morgan fingerprint density at radius 2 is 0.527 bits per heavy atom. The zero-order chi connectivity index (χ0) is 53.6. The molecule has 0 aromatic heterocycles. The average molecular weight is 1040 g/mol. The third-order valence-electron chi connectivity index (χ3n) is 14.6. The van der Waals surface area contributed by atoms with Crippen molar-refractivity contribution >= 4 is 17.9 Å². The smallest absolute Gasteiger partial charge is 0.306 e. The maximum atomic E-state index is 12.9. The van der Waals surface area contributed by atoms with Gasteiger partial charge in [0, 0.05) is 19.3 Å². The first-order chi connectivity index (χ1) is 36.5. The second kappa shape index (κ2) is 62.9. The first-order valence-electron chi connectivity index (χ1n) is 32.6. The fourth-order valence-corrected chi connectivity index (χ4v) is 9.73. The van der Waals surface area contributed by atoms with Gasteiger partial charge in [-0.2, -0.15) is 0 Å². The Bertz CT molecular complexity index is 1280. The minimum absolute atomic E-state index is 0.0656. The van der Waals surface area contributed by atoms with Gasteiger partial charge in [-0.25, -0.2) is 0 Å². The van der Waals surface area contributed by atoms with Crippen molar-refractivity contribution in [3.05, 3.63) is 48.6 Å². The molecule has 0 aromatic carbocycles. The Morgan fingerprint density at radius 1 is 0.284 bits per heavy atom. The van der Waals surface area contributed by atoms with E-state index in [0.717, 1.165) is 83.5 Å². The van der Waals surface area contributed by atoms with Gasteiger partial charge < -0.3 is 14.2 Å². The number of carbonyl (C=O) groups is 3. The maximum Gasteiger partial charge on any atom is 0.306 e. The summed E-state index contributed by atoms with van der Waals surface area (Å²) < 4.78 is 16.9. The molecule has 432 valence electrons. The summed E-state index contributed by atoms with van der Waals surface area (Å²) >= 11 is 0. The van der Waals surface area contributed by atoms with Crippen LogP contribution in [0.15, 0.2) is 48.6 Å². The molecule has 6 heteroatoms. The number of hydrogen-bond acceptors (Lipinski definition) is 6. The average Bonchev–Trinajstić information content (AvgIpc) is 3.40. The summed E-state index contributed by atoms with van der Waals surface area (Å²) in [7, 11) is 0. The van der Waals surface area contributed by atoms with Gasteiger partial charge in [0.25, 0.3) is 0 Å². The molecule has 0 spiro atoms. The molecule has 0 radical (unpaired) electrons. The topological polar surface area (TPSA) is 78.9 Å². The van der Waals surface area contributed by atoms with E-state index in [4.69, 9.17) is 14.2 Å². The summed E-state index contributed by atoms with van der Waals surface area (Å²) in [5.41, 5.74) is 0. The third kappa shape index (κ3) is 60.2. The van der Waals surface area contributed by atoms with Crippen LogP contribution < -0.4 is 0 Å². The number of allylic oxidation sites excluding steroid dienone is 8. The van der Waals surface area contributed by atoms with E-state index in [9.17, 15) is 14.4 Å². The highest BCUT2D eigenvalue weighted by molar-refractivity contribution is 5.71. The van der Waals surface area contributed by atoms with Crippen molar-refractivity contribution in [2.24, 2.45) is 0 Å². The van der Waals surface area contributed by atoms with E-state index in [1.165, 1.54) is 225 Å². The van der Waals surface area contributed by atoms with Crippen LogP contribution in [0.4, 0.5) is 0 Å². The minimum Gasteiger partial charge on any atom is -0.462 e. The van der Waals surface area contributed by atoms with Crippen LogP contribution in [0.2, 0.25) is 0 Å². The summed E-state index contributed by atoms with van der Waals surface area (Å²) in [5.74, 6) is -0.842. The van der Waals surface area contributed by atoms with Gasteiger partial charge in [0.2, 0.25) is 0 Å². The van der Waals surface area contributed by atoms with Crippen molar-refractivity contribution in [1.82, 2.24) is 0 Å². The van der Waals surface area contributed by atoms with Crippen LogP contribution in [0, 0.1) is 0 Å². The zero-order valence-electron chi connectivity index (χ0n) is 49.6. The highest BCUT2D eigenvalue weighted by Crippen LogP contribution is 2.18. The molecular weight excluding hydrogens is 913 g/mol. The first kappa shape index (κ1) is 71.4. The Kier molecular flexibility index (Phi) is 60.7. The van der Waals surface area contributed by atoms with Gasteiger partial charge in [-0.15, -0.1) is 0 Å². The SMILES string of the molecule is CC/C=C\C/C=C\C/C=C\C/C=C\CCCCCCCCCCCCCCCCCCCCC(=O)OCC(COC(=O)CCCCCCCCCCCCC)OC(=O)CCCCCCCCCCCCCCCC. The Balaban J connectivity index is 4.08. The highest BCUT2D eigenvalue weighted by atomic mass is 16.6. The van der Waals surface area contributed by atoms with E-state index in [0.29, 0.717) is 19.3 Å². The summed E-state index contributed by atoms with van der Waals surface area (Å²) in [6.45, 7) is 6.57. The van der Waals surface area contributed by atoms with Crippen LogP contribution in [-0.2, 0) is 28.6 Å². The predicted octanol–water partition coefficient (Wildman–Crippen LogP) is 22.2. The summed E-state index contributed by atoms with van der Waals surface area (Å²) in [6.07, 6.45) is 78.5. The molecule has 0 saturated carbocycles. The lowest BCUT2D eigenvalue weighted by molar-refractivity contribution is -0.167. The summed E-state index contributed by atoms with van der Waals surface area (Å²) in [6, 6.07) is 0. The van der Waals surface area contributed by atoms with E-state index >= 15 is 0 Å². The largest absolute Gasteiger partial charge is 0.462 e. The number of hydrogen-bond donors (Lipinski definition) is 0. The molecule has 74 heavy (non-hydrogen) atoms. The van der Waals surface area contributed by atoms with Crippen molar-refractivity contribution < 1.29 is 28.6 Å². The first-order valence-corrected chi connectivity index (χ1v) is 32.6. The lowest BCUT2D eigenvalue weighted by Gasteiger charge is -2.18. The molecule has 0 amide bonds. The van der Waals surface area contributed by atoms with Gasteiger partial charge in [0.15, 0.2) is 6.10 Å². The molecule has 6 nitrogen and oxygen atoms in total. The number of esters is 3.